The van der Waals surface area contributed by atoms with Gasteiger partial charge in [0.25, 0.3) is 0 Å². The molecule has 0 unspecified atom stereocenters. The highest BCUT2D eigenvalue weighted by Crippen LogP contribution is 2.10. The van der Waals surface area contributed by atoms with E-state index >= 15 is 0 Å². The first-order valence-electron chi connectivity index (χ1n) is 3.31. The van der Waals surface area contributed by atoms with Crippen LogP contribution in [0.2, 0.25) is 0 Å². The summed E-state index contributed by atoms with van der Waals surface area (Å²) in [6, 6.07) is 7.37. The summed E-state index contributed by atoms with van der Waals surface area (Å²) in [5, 5.41) is 0. The molecule has 0 aliphatic carbocycles. The summed E-state index contributed by atoms with van der Waals surface area (Å²) in [7, 11) is 0. The van der Waals surface area contributed by atoms with Gasteiger partial charge in [-0.25, -0.2) is 0 Å². The minimum Gasteiger partial charge on any atom is -0.494 e. The Bertz CT molecular complexity index is 188. The highest BCUT2D eigenvalue weighted by atomic mass is 16.5. The molecule has 1 rings (SSSR count). The summed E-state index contributed by atoms with van der Waals surface area (Å²) in [6.07, 6.45) is 0. The number of benzene rings is 1. The summed E-state index contributed by atoms with van der Waals surface area (Å²) in [5.74, 6) is 0.872. The third-order valence-electron chi connectivity index (χ3n) is 1.19. The normalized spacial score (nSPS) is 9.40. The average molecular weight is 134 g/mol. The molecule has 1 nitrogen and oxygen atoms in total. The molecule has 2 radical (unpaired) electrons. The van der Waals surface area contributed by atoms with Crippen LogP contribution in [0.5, 0.6) is 5.75 Å². The van der Waals surface area contributed by atoms with E-state index in [9.17, 15) is 0 Å². The van der Waals surface area contributed by atoms with Gasteiger partial charge in [0.05, 0.1) is 6.61 Å². The Morgan fingerprint density at radius 1 is 1.30 bits per heavy atom. The second-order valence-corrected chi connectivity index (χ2v) is 2.00. The van der Waals surface area contributed by atoms with Crippen molar-refractivity contribution < 1.29 is 4.74 Å². The second-order valence-electron chi connectivity index (χ2n) is 2.00. The highest BCUT2D eigenvalue weighted by molar-refractivity contribution is 5.28. The standard InChI is InChI=1S/C9H10O/c1-3-10-9-6-4-8(2)5-7-9/h2,4-7H,3H2,1H3. The summed E-state index contributed by atoms with van der Waals surface area (Å²) < 4.78 is 5.21. The molecule has 0 aromatic heterocycles. The third kappa shape index (κ3) is 1.76. The van der Waals surface area contributed by atoms with Gasteiger partial charge >= 0.3 is 0 Å². The summed E-state index contributed by atoms with van der Waals surface area (Å²) in [6.45, 7) is 8.12. The predicted molar refractivity (Wildman–Crippen MR) is 41.0 cm³/mol. The van der Waals surface area contributed by atoms with Crippen LogP contribution < -0.4 is 4.74 Å². The largest absolute Gasteiger partial charge is 0.494 e. The van der Waals surface area contributed by atoms with Crippen LogP contribution in [0, 0.1) is 6.92 Å². The van der Waals surface area contributed by atoms with E-state index < -0.39 is 0 Å². The smallest absolute Gasteiger partial charge is 0.119 e. The third-order valence-corrected chi connectivity index (χ3v) is 1.19. The topological polar surface area (TPSA) is 9.23 Å². The van der Waals surface area contributed by atoms with Crippen LogP contribution in [0.25, 0.3) is 0 Å². The summed E-state index contributed by atoms with van der Waals surface area (Å²) >= 11 is 0. The van der Waals surface area contributed by atoms with E-state index in [1.165, 1.54) is 0 Å². The van der Waals surface area contributed by atoms with Crippen LogP contribution in [0.1, 0.15) is 12.5 Å². The number of rotatable bonds is 2. The molecule has 0 saturated heterocycles. The molecule has 52 valence electrons. The first-order valence-corrected chi connectivity index (χ1v) is 3.31. The van der Waals surface area contributed by atoms with Crippen LogP contribution in [0.15, 0.2) is 24.3 Å². The molecule has 0 atom stereocenters. The van der Waals surface area contributed by atoms with E-state index in [0.29, 0.717) is 6.61 Å². The lowest BCUT2D eigenvalue weighted by Crippen LogP contribution is -1.90. The molecule has 0 fully saturated rings. The molecule has 0 N–H and O–H groups in total. The van der Waals surface area contributed by atoms with Crippen LogP contribution in [-0.2, 0) is 0 Å². The molecule has 0 saturated carbocycles. The first kappa shape index (κ1) is 7.13. The molecule has 1 aromatic rings. The summed E-state index contributed by atoms with van der Waals surface area (Å²) in [5.41, 5.74) is 0.767. The number of ether oxygens (including phenoxy) is 1. The van der Waals surface area contributed by atoms with Crippen LogP contribution in [-0.4, -0.2) is 6.61 Å². The molecule has 0 amide bonds. The Labute approximate surface area is 61.6 Å². The van der Waals surface area contributed by atoms with Crippen LogP contribution in [0.4, 0.5) is 0 Å². The Kier molecular flexibility index (Phi) is 2.32. The van der Waals surface area contributed by atoms with Crippen molar-refractivity contribution in [1.82, 2.24) is 0 Å². The van der Waals surface area contributed by atoms with Crippen molar-refractivity contribution >= 4 is 0 Å². The van der Waals surface area contributed by atoms with Crippen LogP contribution in [0.3, 0.4) is 0 Å². The van der Waals surface area contributed by atoms with Gasteiger partial charge < -0.3 is 4.74 Å². The van der Waals surface area contributed by atoms with Crippen molar-refractivity contribution in [3.05, 3.63) is 36.8 Å². The molecule has 0 aliphatic rings. The van der Waals surface area contributed by atoms with E-state index in [1.54, 1.807) is 0 Å². The zero-order chi connectivity index (χ0) is 7.40. The maximum atomic E-state index is 5.47. The Morgan fingerprint density at radius 2 is 1.90 bits per heavy atom. The molecule has 1 heteroatoms. The van der Waals surface area contributed by atoms with Crippen molar-refractivity contribution in [2.75, 3.05) is 6.61 Å². The van der Waals surface area contributed by atoms with Crippen molar-refractivity contribution in [3.63, 3.8) is 0 Å². The van der Waals surface area contributed by atoms with Crippen molar-refractivity contribution in [3.8, 4) is 5.75 Å². The minimum absolute atomic E-state index is 0.698. The molecule has 1 aromatic carbocycles. The zero-order valence-corrected chi connectivity index (χ0v) is 6.00. The van der Waals surface area contributed by atoms with E-state index in [0.717, 1.165) is 11.3 Å². The molecule has 0 bridgehead atoms. The van der Waals surface area contributed by atoms with Gasteiger partial charge in [0.1, 0.15) is 5.75 Å². The predicted octanol–water partition coefficient (Wildman–Crippen LogP) is 2.14. The molecule has 0 aliphatic heterocycles. The lowest BCUT2D eigenvalue weighted by molar-refractivity contribution is 0.340. The van der Waals surface area contributed by atoms with Gasteiger partial charge in [0.15, 0.2) is 0 Å². The minimum atomic E-state index is 0.698. The van der Waals surface area contributed by atoms with Gasteiger partial charge in [-0.3, -0.25) is 0 Å². The Balaban J connectivity index is 2.69. The van der Waals surface area contributed by atoms with E-state index in [2.05, 4.69) is 0 Å². The van der Waals surface area contributed by atoms with Crippen molar-refractivity contribution in [1.29, 1.82) is 0 Å². The maximum absolute atomic E-state index is 5.47. The van der Waals surface area contributed by atoms with Gasteiger partial charge in [0.2, 0.25) is 0 Å². The van der Waals surface area contributed by atoms with Gasteiger partial charge in [-0.2, -0.15) is 0 Å². The Hall–Kier alpha value is -0.980. The maximum Gasteiger partial charge on any atom is 0.119 e. The van der Waals surface area contributed by atoms with Gasteiger partial charge in [-0.15, -0.1) is 0 Å². The molecule has 0 spiro atoms. The molecule has 10 heavy (non-hydrogen) atoms. The lowest BCUT2D eigenvalue weighted by Gasteiger charge is -2.01. The fraction of sp³-hybridized carbons (Fsp3) is 0.222. The monoisotopic (exact) mass is 134 g/mol. The van der Waals surface area contributed by atoms with E-state index in [-0.39, 0.29) is 0 Å². The van der Waals surface area contributed by atoms with Crippen molar-refractivity contribution in [2.45, 2.75) is 6.92 Å². The number of hydrogen-bond acceptors (Lipinski definition) is 1. The molecule has 0 heterocycles. The molecular formula is C9H10O. The molecular weight excluding hydrogens is 124 g/mol. The number of hydrogen-bond donors (Lipinski definition) is 0. The zero-order valence-electron chi connectivity index (χ0n) is 6.00. The second kappa shape index (κ2) is 3.25. The van der Waals surface area contributed by atoms with Gasteiger partial charge in [-0.05, 0) is 31.5 Å². The van der Waals surface area contributed by atoms with E-state index in [4.69, 9.17) is 11.7 Å². The highest BCUT2D eigenvalue weighted by Gasteiger charge is 1.88. The van der Waals surface area contributed by atoms with Crippen molar-refractivity contribution in [2.24, 2.45) is 0 Å². The quantitative estimate of drug-likeness (QED) is 0.602. The first-order chi connectivity index (χ1) is 4.83. The Morgan fingerprint density at radius 3 is 2.40 bits per heavy atom. The van der Waals surface area contributed by atoms with E-state index in [1.807, 2.05) is 31.2 Å². The lowest BCUT2D eigenvalue weighted by atomic mass is 10.2. The van der Waals surface area contributed by atoms with Gasteiger partial charge in [-0.1, -0.05) is 12.1 Å². The average Bonchev–Trinajstić information content (AvgIpc) is 1.95. The van der Waals surface area contributed by atoms with Gasteiger partial charge in [0, 0.05) is 0 Å². The SMILES string of the molecule is [CH]c1ccc(OCC)cc1. The fourth-order valence-electron chi connectivity index (χ4n) is 0.731. The van der Waals surface area contributed by atoms with Crippen LogP contribution >= 0.6 is 0 Å². The summed E-state index contributed by atoms with van der Waals surface area (Å²) in [4.78, 5) is 0. The fourth-order valence-corrected chi connectivity index (χ4v) is 0.731.